The fourth-order valence-corrected chi connectivity index (χ4v) is 7.46. The lowest BCUT2D eigenvalue weighted by Gasteiger charge is -2.17. The van der Waals surface area contributed by atoms with Crippen LogP contribution >= 0.6 is 0 Å². The molecule has 5 aromatic rings. The number of nitrogens with zero attached hydrogens (tertiary/aromatic N) is 4. The maximum atomic E-state index is 12.3. The smallest absolute Gasteiger partial charge is 0.346 e. The number of benzene rings is 4. The first-order valence-corrected chi connectivity index (χ1v) is 17.9. The molecule has 1 aromatic heterocycles. The van der Waals surface area contributed by atoms with E-state index in [0.29, 0.717) is 34.0 Å². The summed E-state index contributed by atoms with van der Waals surface area (Å²) in [6, 6.07) is 46.4. The van der Waals surface area contributed by atoms with Crippen LogP contribution in [0.2, 0.25) is 0 Å². The molecule has 7 nitrogen and oxygen atoms in total. The average Bonchev–Trinajstić information content (AvgIpc) is 4.06. The lowest BCUT2D eigenvalue weighted by molar-refractivity contribution is -0.132. The van der Waals surface area contributed by atoms with E-state index in [9.17, 15) is 15.2 Å². The third-order valence-electron chi connectivity index (χ3n) is 9.92. The summed E-state index contributed by atoms with van der Waals surface area (Å²) in [6.07, 6.45) is 11.3. The van der Waals surface area contributed by atoms with Crippen LogP contribution in [0.5, 0.6) is 0 Å². The highest BCUT2D eigenvalue weighted by atomic mass is 16.4. The average molecular weight is 710 g/mol. The molecule has 1 unspecified atom stereocenters. The molecule has 55 heavy (non-hydrogen) atoms. The molecule has 0 saturated heterocycles. The highest BCUT2D eigenvalue weighted by Gasteiger charge is 2.30. The van der Waals surface area contributed by atoms with Gasteiger partial charge in [0.1, 0.15) is 11.6 Å². The summed E-state index contributed by atoms with van der Waals surface area (Å²) in [4.78, 5) is 32.0. The van der Waals surface area contributed by atoms with Crippen molar-refractivity contribution in [2.75, 3.05) is 0 Å². The minimum absolute atomic E-state index is 0.220. The van der Waals surface area contributed by atoms with Gasteiger partial charge in [0.25, 0.3) is 0 Å². The van der Waals surface area contributed by atoms with Crippen molar-refractivity contribution < 1.29 is 9.90 Å². The third-order valence-corrected chi connectivity index (χ3v) is 9.92. The second-order valence-electron chi connectivity index (χ2n) is 13.3. The summed E-state index contributed by atoms with van der Waals surface area (Å²) in [7, 11) is 0. The molecular weight excluding hydrogens is 679 g/mol. The number of allylic oxidation sites excluding steroid dienone is 8. The molecule has 5 heterocycles. The van der Waals surface area contributed by atoms with Crippen molar-refractivity contribution in [1.82, 2.24) is 4.98 Å². The summed E-state index contributed by atoms with van der Waals surface area (Å²) in [6.45, 7) is 0. The van der Waals surface area contributed by atoms with Crippen molar-refractivity contribution in [1.29, 1.82) is 5.26 Å². The molecule has 0 fully saturated rings. The lowest BCUT2D eigenvalue weighted by Crippen LogP contribution is -2.12. The summed E-state index contributed by atoms with van der Waals surface area (Å²) in [5, 5.41) is 19.9. The molecule has 7 heteroatoms. The van der Waals surface area contributed by atoms with Gasteiger partial charge in [-0.2, -0.15) is 5.26 Å². The Hall–Kier alpha value is -7.69. The van der Waals surface area contributed by atoms with Gasteiger partial charge in [-0.25, -0.2) is 14.8 Å². The zero-order valence-electron chi connectivity index (χ0n) is 29.4. The Balaban J connectivity index is 1.41. The number of carboxylic acids is 1. The van der Waals surface area contributed by atoms with Crippen LogP contribution in [0.4, 0.5) is 0 Å². The van der Waals surface area contributed by atoms with E-state index >= 15 is 0 Å². The Morgan fingerprint density at radius 1 is 0.636 bits per heavy atom. The van der Waals surface area contributed by atoms with E-state index in [1.807, 2.05) is 127 Å². The third kappa shape index (κ3) is 6.18. The summed E-state index contributed by atoms with van der Waals surface area (Å²) in [5.74, 6) is -1.54. The van der Waals surface area contributed by atoms with Gasteiger partial charge in [0.2, 0.25) is 0 Å². The van der Waals surface area contributed by atoms with Gasteiger partial charge in [0.15, 0.2) is 0 Å². The molecule has 9 rings (SSSR count). The molecule has 260 valence electrons. The van der Waals surface area contributed by atoms with Gasteiger partial charge < -0.3 is 10.1 Å². The Bertz CT molecular complexity index is 2750. The van der Waals surface area contributed by atoms with Crippen LogP contribution in [0.1, 0.15) is 39.6 Å². The maximum absolute atomic E-state index is 12.3. The molecule has 2 N–H and O–H groups in total. The molecular formula is C48H31N5O2. The van der Waals surface area contributed by atoms with Gasteiger partial charge >= 0.3 is 5.97 Å². The minimum atomic E-state index is -1.32. The van der Waals surface area contributed by atoms with Crippen LogP contribution in [0.25, 0.3) is 16.7 Å². The number of aliphatic imine (C=N–C) groups is 3. The highest BCUT2D eigenvalue weighted by Crippen LogP contribution is 2.41. The molecule has 0 amide bonds. The number of carboxylic acid groups (broad SMARTS) is 1. The Morgan fingerprint density at radius 3 is 1.85 bits per heavy atom. The second-order valence-corrected chi connectivity index (χ2v) is 13.3. The number of H-pyrrole nitrogens is 1. The van der Waals surface area contributed by atoms with E-state index in [2.05, 4.69) is 47.5 Å². The summed E-state index contributed by atoms with van der Waals surface area (Å²) in [5.41, 5.74) is 12.2. The normalized spacial score (nSPS) is 20.2. The number of aliphatic carboxylic acids is 1. The fraction of sp³-hybridized carbons (Fsp3) is 0.0208. The molecule has 8 bridgehead atoms. The molecule has 4 aliphatic heterocycles. The number of nitrogens with one attached hydrogen (secondary N) is 1. The van der Waals surface area contributed by atoms with E-state index in [-0.39, 0.29) is 5.92 Å². The highest BCUT2D eigenvalue weighted by molar-refractivity contribution is 6.36. The van der Waals surface area contributed by atoms with Gasteiger partial charge in [-0.15, -0.1) is 0 Å². The van der Waals surface area contributed by atoms with Crippen molar-refractivity contribution in [3.8, 4) is 6.07 Å². The predicted molar refractivity (Wildman–Crippen MR) is 218 cm³/mol. The summed E-state index contributed by atoms with van der Waals surface area (Å²) >= 11 is 0. The van der Waals surface area contributed by atoms with Gasteiger partial charge in [-0.3, -0.25) is 4.99 Å². The molecule has 4 aliphatic rings. The largest absolute Gasteiger partial charge is 0.477 e. The van der Waals surface area contributed by atoms with Gasteiger partial charge in [-0.1, -0.05) is 121 Å². The van der Waals surface area contributed by atoms with E-state index < -0.39 is 11.5 Å². The van der Waals surface area contributed by atoms with E-state index in [1.165, 1.54) is 6.08 Å². The number of carbonyl (C=O) groups is 1. The predicted octanol–water partition coefficient (Wildman–Crippen LogP) is 9.68. The first-order valence-electron chi connectivity index (χ1n) is 17.9. The standard InChI is InChI=1S/C48H31N5O2/c49-29-35(48(54)55)27-34-28-42-45(32-17-9-3-10-18-32)40-24-23-38(51-40)43(30-13-5-1-6-14-30)36-21-22-37(50-36)44(31-15-7-2-8-16-31)39-25-26-41(52-39)46(47(34)53-42)33-19-11-4-12-20-33/h1-28,43,50H,(H,54,55)/b35-27?,44-39?,45-40-,47-46-. The molecule has 0 aliphatic carbocycles. The van der Waals surface area contributed by atoms with Crippen LogP contribution in [-0.4, -0.2) is 33.2 Å². The topological polar surface area (TPSA) is 114 Å². The number of nitriles is 1. The van der Waals surface area contributed by atoms with Crippen LogP contribution in [0.3, 0.4) is 0 Å². The maximum Gasteiger partial charge on any atom is 0.346 e. The van der Waals surface area contributed by atoms with Crippen molar-refractivity contribution >= 4 is 39.8 Å². The van der Waals surface area contributed by atoms with E-state index in [1.54, 1.807) is 0 Å². The molecule has 0 spiro atoms. The quantitative estimate of drug-likeness (QED) is 0.135. The van der Waals surface area contributed by atoms with Crippen LogP contribution in [0.15, 0.2) is 213 Å². The first kappa shape index (κ1) is 33.2. The molecule has 0 saturated carbocycles. The Morgan fingerprint density at radius 2 is 1.22 bits per heavy atom. The number of aromatic amines is 1. The van der Waals surface area contributed by atoms with Crippen LogP contribution in [-0.2, 0) is 4.79 Å². The number of fused-ring (bicyclic) bond motifs is 5. The number of rotatable bonds is 6. The zero-order chi connectivity index (χ0) is 37.3. The number of hydrogen-bond acceptors (Lipinski definition) is 5. The van der Waals surface area contributed by atoms with Gasteiger partial charge in [0.05, 0.1) is 40.1 Å². The fourth-order valence-electron chi connectivity index (χ4n) is 7.46. The summed E-state index contributed by atoms with van der Waals surface area (Å²) < 4.78 is 0. The van der Waals surface area contributed by atoms with E-state index in [0.717, 1.165) is 56.2 Å². The lowest BCUT2D eigenvalue weighted by atomic mass is 9.91. The Labute approximate surface area is 317 Å². The molecule has 0 radical (unpaired) electrons. The number of hydrogen-bond donors (Lipinski definition) is 2. The SMILES string of the molecule is N#CC(=CC1=CC2=NC/1=C(/c1ccccc1)C1=NC(=C(c3ccccc3)c3ccc([nH]3)C(c3ccccc3)C3=N/C(=C\2c2ccccc2)C=C3)C=C1)C(=O)O. The zero-order valence-corrected chi connectivity index (χ0v) is 29.4. The van der Waals surface area contributed by atoms with Crippen LogP contribution in [0, 0.1) is 11.3 Å². The van der Waals surface area contributed by atoms with Gasteiger partial charge in [0, 0.05) is 33.7 Å². The number of aromatic nitrogens is 1. The van der Waals surface area contributed by atoms with Crippen LogP contribution < -0.4 is 0 Å². The van der Waals surface area contributed by atoms with Crippen molar-refractivity contribution in [3.05, 3.63) is 232 Å². The van der Waals surface area contributed by atoms with E-state index in [4.69, 9.17) is 15.0 Å². The monoisotopic (exact) mass is 709 g/mol. The Kier molecular flexibility index (Phi) is 8.46. The minimum Gasteiger partial charge on any atom is -0.477 e. The van der Waals surface area contributed by atoms with Crippen molar-refractivity contribution in [3.63, 3.8) is 0 Å². The first-order chi connectivity index (χ1) is 27.1. The van der Waals surface area contributed by atoms with Crippen molar-refractivity contribution in [2.45, 2.75) is 5.92 Å². The van der Waals surface area contributed by atoms with Crippen molar-refractivity contribution in [2.24, 2.45) is 15.0 Å². The molecule has 1 atom stereocenters. The molecule has 4 aromatic carbocycles. The second kappa shape index (κ2) is 14.0. The van der Waals surface area contributed by atoms with Gasteiger partial charge in [-0.05, 0) is 70.8 Å².